The summed E-state index contributed by atoms with van der Waals surface area (Å²) < 4.78 is 11.1. The molecule has 1 aliphatic rings. The molecule has 2 rings (SSSR count). The molecule has 0 radical (unpaired) electrons. The second-order valence-corrected chi connectivity index (χ2v) is 3.87. The molecule has 0 bridgehead atoms. The van der Waals surface area contributed by atoms with Crippen LogP contribution in [-0.4, -0.2) is 18.2 Å². The van der Waals surface area contributed by atoms with E-state index in [0.29, 0.717) is 4.99 Å². The number of benzene rings is 1. The Morgan fingerprint density at radius 3 is 2.47 bits per heavy atom. The van der Waals surface area contributed by atoms with Gasteiger partial charge in [-0.2, -0.15) is 0 Å². The summed E-state index contributed by atoms with van der Waals surface area (Å²) in [7, 11) is 0. The zero-order chi connectivity index (χ0) is 10.7. The Kier molecular flexibility index (Phi) is 3.06. The number of hydrogen-bond acceptors (Lipinski definition) is 3. The number of ether oxygens (including phenoxy) is 2. The third-order valence-electron chi connectivity index (χ3n) is 2.28. The maximum Gasteiger partial charge on any atom is 0.161 e. The molecule has 1 heterocycles. The highest BCUT2D eigenvalue weighted by atomic mass is 32.1. The molecule has 1 aromatic rings. The molecule has 0 aromatic heterocycles. The predicted octanol–water partition coefficient (Wildman–Crippen LogP) is 1.87. The maximum absolute atomic E-state index is 5.58. The van der Waals surface area contributed by atoms with Gasteiger partial charge in [-0.15, -0.1) is 0 Å². The first kappa shape index (κ1) is 10.2. The van der Waals surface area contributed by atoms with Crippen molar-refractivity contribution in [2.75, 3.05) is 13.2 Å². The Labute approximate surface area is 94.2 Å². The minimum absolute atomic E-state index is 0.378. The Hall–Kier alpha value is -1.29. The van der Waals surface area contributed by atoms with Crippen LogP contribution in [0.5, 0.6) is 11.5 Å². The largest absolute Gasteiger partial charge is 0.490 e. The fourth-order valence-electron chi connectivity index (χ4n) is 1.46. The van der Waals surface area contributed by atoms with Gasteiger partial charge in [-0.25, -0.2) is 0 Å². The third-order valence-corrected chi connectivity index (χ3v) is 2.52. The van der Waals surface area contributed by atoms with Crippen LogP contribution >= 0.6 is 12.2 Å². The van der Waals surface area contributed by atoms with Crippen molar-refractivity contribution in [1.82, 2.24) is 0 Å². The summed E-state index contributed by atoms with van der Waals surface area (Å²) in [6, 6.07) is 5.55. The van der Waals surface area contributed by atoms with Crippen molar-refractivity contribution in [3.63, 3.8) is 0 Å². The third kappa shape index (κ3) is 2.39. The van der Waals surface area contributed by atoms with Gasteiger partial charge in [0.2, 0.25) is 0 Å². The van der Waals surface area contributed by atoms with Crippen LogP contribution < -0.4 is 15.2 Å². The molecule has 80 valence electrons. The highest BCUT2D eigenvalue weighted by Gasteiger charge is 2.10. The molecule has 0 atom stereocenters. The smallest absolute Gasteiger partial charge is 0.161 e. The minimum Gasteiger partial charge on any atom is -0.490 e. The van der Waals surface area contributed by atoms with Crippen LogP contribution in [-0.2, 0) is 0 Å². The van der Waals surface area contributed by atoms with Crippen LogP contribution in [0.4, 0.5) is 0 Å². The van der Waals surface area contributed by atoms with Crippen LogP contribution in [0.2, 0.25) is 0 Å². The molecule has 2 N–H and O–H groups in total. The van der Waals surface area contributed by atoms with Crippen molar-refractivity contribution in [3.8, 4) is 11.5 Å². The summed E-state index contributed by atoms with van der Waals surface area (Å²) in [4.78, 5) is 0.378. The topological polar surface area (TPSA) is 44.5 Å². The Morgan fingerprint density at radius 1 is 1.13 bits per heavy atom. The summed E-state index contributed by atoms with van der Waals surface area (Å²) in [5.41, 5.74) is 6.36. The zero-order valence-electron chi connectivity index (χ0n) is 8.36. The van der Waals surface area contributed by atoms with Gasteiger partial charge in [-0.3, -0.25) is 0 Å². The van der Waals surface area contributed by atoms with E-state index >= 15 is 0 Å². The molecule has 1 aliphatic heterocycles. The zero-order valence-corrected chi connectivity index (χ0v) is 9.18. The molecular weight excluding hydrogens is 210 g/mol. The Morgan fingerprint density at radius 2 is 1.80 bits per heavy atom. The van der Waals surface area contributed by atoms with Crippen LogP contribution in [0.15, 0.2) is 18.2 Å². The lowest BCUT2D eigenvalue weighted by atomic mass is 10.2. The van der Waals surface area contributed by atoms with E-state index in [2.05, 4.69) is 0 Å². The summed E-state index contributed by atoms with van der Waals surface area (Å²) >= 11 is 4.91. The molecule has 4 heteroatoms. The molecule has 0 unspecified atom stereocenters. The highest BCUT2D eigenvalue weighted by molar-refractivity contribution is 7.80. The maximum atomic E-state index is 5.58. The summed E-state index contributed by atoms with van der Waals surface area (Å²) in [6.07, 6.45) is 2.03. The van der Waals surface area contributed by atoms with Gasteiger partial charge in [0.25, 0.3) is 0 Å². The van der Waals surface area contributed by atoms with E-state index in [1.807, 2.05) is 18.2 Å². The normalized spacial score (nSPS) is 15.2. The average Bonchev–Trinajstić information content (AvgIpc) is 2.18. The molecule has 0 spiro atoms. The van der Waals surface area contributed by atoms with Crippen LogP contribution in [0, 0.1) is 0 Å². The molecule has 15 heavy (non-hydrogen) atoms. The summed E-state index contributed by atoms with van der Waals surface area (Å²) in [5.74, 6) is 1.51. The molecule has 0 amide bonds. The van der Waals surface area contributed by atoms with Gasteiger partial charge in [0.05, 0.1) is 13.2 Å². The SMILES string of the molecule is NC(=S)c1ccc2c(c1)OCCCCO2. The summed E-state index contributed by atoms with van der Waals surface area (Å²) in [5, 5.41) is 0. The summed E-state index contributed by atoms with van der Waals surface area (Å²) in [6.45, 7) is 1.46. The van der Waals surface area contributed by atoms with E-state index in [9.17, 15) is 0 Å². The average molecular weight is 223 g/mol. The van der Waals surface area contributed by atoms with Crippen molar-refractivity contribution in [1.29, 1.82) is 0 Å². The number of rotatable bonds is 1. The van der Waals surface area contributed by atoms with Gasteiger partial charge < -0.3 is 15.2 Å². The van der Waals surface area contributed by atoms with Gasteiger partial charge in [0.15, 0.2) is 11.5 Å². The first-order chi connectivity index (χ1) is 7.27. The fourth-order valence-corrected chi connectivity index (χ4v) is 1.59. The van der Waals surface area contributed by atoms with E-state index < -0.39 is 0 Å². The van der Waals surface area contributed by atoms with Crippen LogP contribution in [0.25, 0.3) is 0 Å². The van der Waals surface area contributed by atoms with Gasteiger partial charge in [-0.1, -0.05) is 12.2 Å². The van der Waals surface area contributed by atoms with E-state index in [4.69, 9.17) is 27.4 Å². The van der Waals surface area contributed by atoms with Gasteiger partial charge in [-0.05, 0) is 31.0 Å². The van der Waals surface area contributed by atoms with Gasteiger partial charge in [0.1, 0.15) is 4.99 Å². The van der Waals surface area contributed by atoms with Crippen LogP contribution in [0.1, 0.15) is 18.4 Å². The lowest BCUT2D eigenvalue weighted by Gasteiger charge is -2.16. The number of thiocarbonyl (C=S) groups is 1. The number of fused-ring (bicyclic) bond motifs is 1. The van der Waals surface area contributed by atoms with Gasteiger partial charge in [0, 0.05) is 5.56 Å². The monoisotopic (exact) mass is 223 g/mol. The second kappa shape index (κ2) is 4.49. The fraction of sp³-hybridized carbons (Fsp3) is 0.364. The predicted molar refractivity (Wildman–Crippen MR) is 62.6 cm³/mol. The lowest BCUT2D eigenvalue weighted by molar-refractivity contribution is 0.223. The Balaban J connectivity index is 2.31. The highest BCUT2D eigenvalue weighted by Crippen LogP contribution is 2.29. The first-order valence-corrected chi connectivity index (χ1v) is 5.37. The van der Waals surface area contributed by atoms with Crippen molar-refractivity contribution < 1.29 is 9.47 Å². The minimum atomic E-state index is 0.378. The van der Waals surface area contributed by atoms with Crippen LogP contribution in [0.3, 0.4) is 0 Å². The molecular formula is C11H13NO2S. The number of hydrogen-bond donors (Lipinski definition) is 1. The standard InChI is InChI=1S/C11H13NO2S/c12-11(15)8-3-4-9-10(7-8)14-6-2-1-5-13-9/h3-4,7H,1-2,5-6H2,(H2,12,15). The van der Waals surface area contributed by atoms with E-state index in [0.717, 1.165) is 43.1 Å². The molecule has 3 nitrogen and oxygen atoms in total. The lowest BCUT2D eigenvalue weighted by Crippen LogP contribution is -2.12. The van der Waals surface area contributed by atoms with Crippen molar-refractivity contribution in [2.24, 2.45) is 5.73 Å². The molecule has 0 saturated carbocycles. The van der Waals surface area contributed by atoms with E-state index in [1.54, 1.807) is 0 Å². The molecule has 0 aliphatic carbocycles. The first-order valence-electron chi connectivity index (χ1n) is 4.97. The second-order valence-electron chi connectivity index (χ2n) is 3.43. The molecule has 0 fully saturated rings. The Bertz CT molecular complexity index is 379. The van der Waals surface area contributed by atoms with E-state index in [1.165, 1.54) is 0 Å². The van der Waals surface area contributed by atoms with Crippen molar-refractivity contribution in [2.45, 2.75) is 12.8 Å². The quantitative estimate of drug-likeness (QED) is 0.738. The molecule has 1 aromatic carbocycles. The number of nitrogens with two attached hydrogens (primary N) is 1. The molecule has 0 saturated heterocycles. The van der Waals surface area contributed by atoms with Crippen molar-refractivity contribution in [3.05, 3.63) is 23.8 Å². The van der Waals surface area contributed by atoms with E-state index in [-0.39, 0.29) is 0 Å². The van der Waals surface area contributed by atoms with Crippen molar-refractivity contribution >= 4 is 17.2 Å². The van der Waals surface area contributed by atoms with Gasteiger partial charge >= 0.3 is 0 Å².